The molecule has 0 amide bonds. The van der Waals surface area contributed by atoms with E-state index in [-0.39, 0.29) is 23.4 Å². The average Bonchev–Trinajstić information content (AvgIpc) is 3.59. The van der Waals surface area contributed by atoms with E-state index < -0.39 is 16.9 Å². The summed E-state index contributed by atoms with van der Waals surface area (Å²) in [7, 11) is 1.55. The Labute approximate surface area is 255 Å². The number of hydrogen-bond donors (Lipinski definition) is 0. The minimum Gasteiger partial charge on any atom is -0.496 e. The predicted octanol–water partition coefficient (Wildman–Crippen LogP) is 5.44. The molecule has 0 radical (unpaired) electrons. The molecule has 6 rings (SSSR count). The molecule has 1 atom stereocenters. The molecule has 1 aliphatic heterocycles. The maximum absolute atomic E-state index is 14.2. The van der Waals surface area contributed by atoms with Crippen LogP contribution in [0.15, 0.2) is 92.2 Å². The fraction of sp³-hybridized carbons (Fsp3) is 0.182. The number of allylic oxidation sites excluding steroid dienone is 1. The fourth-order valence-electron chi connectivity index (χ4n) is 5.51. The number of carbonyl (C=O) groups is 1. The minimum absolute atomic E-state index is 0.0729. The third-order valence-corrected chi connectivity index (χ3v) is 8.44. The van der Waals surface area contributed by atoms with Gasteiger partial charge in [-0.25, -0.2) is 9.79 Å². The average molecular weight is 610 g/mol. The summed E-state index contributed by atoms with van der Waals surface area (Å²) in [5.41, 5.74) is 1.94. The second-order valence-corrected chi connectivity index (χ2v) is 11.2. The SMILES string of the molecule is CCOC(=O)C1=C(C)N=c2s/c(=C/c3ccc(-c4ccc(C)cc4[N+](=O)[O-])o3)c(=O)n2[C@H]1c1c(OC)ccc2ccccc12. The van der Waals surface area contributed by atoms with Gasteiger partial charge in [-0.05, 0) is 61.4 Å². The van der Waals surface area contributed by atoms with E-state index in [1.165, 1.54) is 10.6 Å². The van der Waals surface area contributed by atoms with E-state index in [4.69, 9.17) is 13.9 Å². The van der Waals surface area contributed by atoms with Crippen molar-refractivity contribution in [1.29, 1.82) is 0 Å². The summed E-state index contributed by atoms with van der Waals surface area (Å²) >= 11 is 1.15. The lowest BCUT2D eigenvalue weighted by Gasteiger charge is -2.27. The number of nitro benzene ring substituents is 1. The molecule has 0 unspecified atom stereocenters. The third-order valence-electron chi connectivity index (χ3n) is 7.46. The topological polar surface area (TPSA) is 126 Å². The number of ether oxygens (including phenoxy) is 2. The van der Waals surface area contributed by atoms with Crippen molar-refractivity contribution in [2.45, 2.75) is 26.8 Å². The Bertz CT molecular complexity index is 2190. The monoisotopic (exact) mass is 609 g/mol. The van der Waals surface area contributed by atoms with Gasteiger partial charge in [0.2, 0.25) is 0 Å². The van der Waals surface area contributed by atoms with E-state index in [1.807, 2.05) is 36.4 Å². The highest BCUT2D eigenvalue weighted by Gasteiger charge is 2.36. The Balaban J connectivity index is 1.56. The maximum atomic E-state index is 14.2. The number of aromatic nitrogens is 1. The highest BCUT2D eigenvalue weighted by Crippen LogP contribution is 2.40. The Morgan fingerprint density at radius 1 is 1.14 bits per heavy atom. The normalized spacial score (nSPS) is 14.8. The molecule has 1 aliphatic rings. The number of aryl methyl sites for hydroxylation is 1. The van der Waals surface area contributed by atoms with Crippen LogP contribution in [-0.4, -0.2) is 29.2 Å². The van der Waals surface area contributed by atoms with Gasteiger partial charge >= 0.3 is 5.97 Å². The summed E-state index contributed by atoms with van der Waals surface area (Å²) in [6, 6.07) is 18.7. The summed E-state index contributed by atoms with van der Waals surface area (Å²) in [6.07, 6.45) is 1.58. The van der Waals surface area contributed by atoms with Crippen molar-refractivity contribution in [3.8, 4) is 17.1 Å². The molecule has 0 bridgehead atoms. The Morgan fingerprint density at radius 2 is 1.93 bits per heavy atom. The number of furan rings is 1. The van der Waals surface area contributed by atoms with Gasteiger partial charge in [-0.1, -0.05) is 47.7 Å². The molecular weight excluding hydrogens is 582 g/mol. The summed E-state index contributed by atoms with van der Waals surface area (Å²) < 4.78 is 19.0. The Morgan fingerprint density at radius 3 is 2.68 bits per heavy atom. The number of benzene rings is 3. The molecule has 2 aromatic heterocycles. The minimum atomic E-state index is -0.879. The lowest BCUT2D eigenvalue weighted by molar-refractivity contribution is -0.384. The van der Waals surface area contributed by atoms with Crippen molar-refractivity contribution in [1.82, 2.24) is 4.57 Å². The lowest BCUT2D eigenvalue weighted by Crippen LogP contribution is -2.40. The van der Waals surface area contributed by atoms with Crippen molar-refractivity contribution in [3.63, 3.8) is 0 Å². The van der Waals surface area contributed by atoms with Gasteiger partial charge in [0.15, 0.2) is 4.80 Å². The molecule has 44 heavy (non-hydrogen) atoms. The molecule has 0 aliphatic carbocycles. The molecule has 0 N–H and O–H groups in total. The van der Waals surface area contributed by atoms with Gasteiger partial charge in [0.05, 0.1) is 40.0 Å². The number of thiazole rings is 1. The lowest BCUT2D eigenvalue weighted by atomic mass is 9.90. The highest BCUT2D eigenvalue weighted by molar-refractivity contribution is 7.07. The molecular formula is C33H27N3O7S. The van der Waals surface area contributed by atoms with E-state index in [1.54, 1.807) is 58.2 Å². The quantitative estimate of drug-likeness (QED) is 0.137. The number of methoxy groups -OCH3 is 1. The van der Waals surface area contributed by atoms with Crippen LogP contribution in [0.25, 0.3) is 28.2 Å². The zero-order chi connectivity index (χ0) is 31.1. The van der Waals surface area contributed by atoms with Gasteiger partial charge in [0.1, 0.15) is 23.3 Å². The van der Waals surface area contributed by atoms with E-state index in [9.17, 15) is 19.7 Å². The van der Waals surface area contributed by atoms with E-state index in [0.717, 1.165) is 27.7 Å². The summed E-state index contributed by atoms with van der Waals surface area (Å²) in [6.45, 7) is 5.38. The van der Waals surface area contributed by atoms with Gasteiger partial charge in [-0.2, -0.15) is 0 Å². The molecule has 222 valence electrons. The van der Waals surface area contributed by atoms with E-state index >= 15 is 0 Å². The molecule has 0 saturated carbocycles. The molecule has 3 heterocycles. The highest BCUT2D eigenvalue weighted by atomic mass is 32.1. The molecule has 0 fully saturated rings. The molecule has 0 saturated heterocycles. The van der Waals surface area contributed by atoms with Crippen molar-refractivity contribution < 1.29 is 23.6 Å². The van der Waals surface area contributed by atoms with Crippen LogP contribution in [0.2, 0.25) is 0 Å². The number of nitrogens with zero attached hydrogens (tertiary/aromatic N) is 3. The van der Waals surface area contributed by atoms with Gasteiger partial charge in [-0.3, -0.25) is 19.5 Å². The molecule has 3 aromatic carbocycles. The maximum Gasteiger partial charge on any atom is 0.338 e. The second-order valence-electron chi connectivity index (χ2n) is 10.2. The molecule has 0 spiro atoms. The first-order chi connectivity index (χ1) is 21.2. The van der Waals surface area contributed by atoms with Crippen molar-refractivity contribution in [2.75, 3.05) is 13.7 Å². The van der Waals surface area contributed by atoms with Gasteiger partial charge < -0.3 is 13.9 Å². The number of nitro groups is 1. The first kappa shape index (κ1) is 28.8. The van der Waals surface area contributed by atoms with Gasteiger partial charge in [0.25, 0.3) is 11.2 Å². The summed E-state index contributed by atoms with van der Waals surface area (Å²) in [4.78, 5) is 43.9. The van der Waals surface area contributed by atoms with Crippen LogP contribution in [0.5, 0.6) is 5.75 Å². The van der Waals surface area contributed by atoms with Crippen LogP contribution >= 0.6 is 11.3 Å². The third kappa shape index (κ3) is 4.90. The zero-order valence-electron chi connectivity index (χ0n) is 24.3. The van der Waals surface area contributed by atoms with Gasteiger partial charge in [-0.15, -0.1) is 0 Å². The van der Waals surface area contributed by atoms with Crippen LogP contribution < -0.4 is 19.6 Å². The Kier molecular flexibility index (Phi) is 7.48. The van der Waals surface area contributed by atoms with Crippen molar-refractivity contribution in [3.05, 3.63) is 125 Å². The second kappa shape index (κ2) is 11.4. The number of esters is 1. The van der Waals surface area contributed by atoms with Crippen LogP contribution in [0.3, 0.4) is 0 Å². The fourth-order valence-corrected chi connectivity index (χ4v) is 6.53. The largest absolute Gasteiger partial charge is 0.496 e. The van der Waals surface area contributed by atoms with Crippen LogP contribution in [0.4, 0.5) is 5.69 Å². The zero-order valence-corrected chi connectivity index (χ0v) is 25.1. The number of hydrogen-bond acceptors (Lipinski definition) is 9. The van der Waals surface area contributed by atoms with Crippen molar-refractivity contribution in [2.24, 2.45) is 4.99 Å². The molecule has 5 aromatic rings. The molecule has 10 nitrogen and oxygen atoms in total. The summed E-state index contributed by atoms with van der Waals surface area (Å²) in [5, 5.41) is 13.4. The molecule has 11 heteroatoms. The van der Waals surface area contributed by atoms with Crippen LogP contribution in [-0.2, 0) is 9.53 Å². The number of rotatable bonds is 7. The number of fused-ring (bicyclic) bond motifs is 2. The standard InChI is InChI=1S/C33H27N3O7S/c1-5-42-32(38)28-19(3)34-33-35(30(28)29-22-9-7-6-8-20(22)11-14-26(29)41-4)31(37)27(44-33)17-21-12-15-25(43-21)23-13-10-18(2)16-24(23)36(39)40/h6-17,30H,5H2,1-4H3/b27-17+/t30-/m1/s1. The first-order valence-corrected chi connectivity index (χ1v) is 14.6. The van der Waals surface area contributed by atoms with Crippen LogP contribution in [0.1, 0.15) is 36.8 Å². The predicted molar refractivity (Wildman–Crippen MR) is 166 cm³/mol. The smallest absolute Gasteiger partial charge is 0.338 e. The Hall–Kier alpha value is -5.29. The number of carbonyl (C=O) groups excluding carboxylic acids is 1. The van der Waals surface area contributed by atoms with E-state index in [2.05, 4.69) is 4.99 Å². The first-order valence-electron chi connectivity index (χ1n) is 13.8. The summed E-state index contributed by atoms with van der Waals surface area (Å²) in [5.74, 6) is 0.573. The van der Waals surface area contributed by atoms with Gasteiger partial charge in [0, 0.05) is 17.7 Å². The van der Waals surface area contributed by atoms with Crippen LogP contribution in [0, 0.1) is 17.0 Å². The van der Waals surface area contributed by atoms with Crippen molar-refractivity contribution >= 4 is 39.8 Å². The van der Waals surface area contributed by atoms with E-state index in [0.29, 0.717) is 43.4 Å².